The third kappa shape index (κ3) is 5.44. The van der Waals surface area contributed by atoms with Crippen molar-refractivity contribution in [3.05, 3.63) is 82.9 Å². The number of thiazole rings is 1. The lowest BCUT2D eigenvalue weighted by Gasteiger charge is -2.07. The van der Waals surface area contributed by atoms with Crippen LogP contribution in [0.25, 0.3) is 10.2 Å². The van der Waals surface area contributed by atoms with E-state index in [0.717, 1.165) is 20.1 Å². The zero-order chi connectivity index (χ0) is 21.8. The standard InChI is InChI=1S/C23H18ClN3O2S2/c1-14-4-2-3-5-18(14)22(29)26-17-10-11-19-20(12-17)31-23(27-19)30-13-21(28)25-16-8-6-15(24)7-9-16/h2-12H,13H2,1H3,(H,25,28)(H,26,29). The minimum Gasteiger partial charge on any atom is -0.325 e. The highest BCUT2D eigenvalue weighted by molar-refractivity contribution is 8.01. The fourth-order valence-electron chi connectivity index (χ4n) is 2.93. The molecule has 8 heteroatoms. The van der Waals surface area contributed by atoms with Gasteiger partial charge in [0.2, 0.25) is 5.91 Å². The third-order valence-electron chi connectivity index (χ3n) is 4.47. The van der Waals surface area contributed by atoms with Gasteiger partial charge in [-0.3, -0.25) is 9.59 Å². The third-order valence-corrected chi connectivity index (χ3v) is 6.88. The Hall–Kier alpha value is -2.87. The van der Waals surface area contributed by atoms with Gasteiger partial charge in [0.1, 0.15) is 0 Å². The second-order valence-corrected chi connectivity index (χ2v) is 9.46. The number of carbonyl (C=O) groups excluding carboxylic acids is 2. The molecule has 0 spiro atoms. The molecular weight excluding hydrogens is 450 g/mol. The van der Waals surface area contributed by atoms with Gasteiger partial charge in [-0.2, -0.15) is 0 Å². The Bertz CT molecular complexity index is 1260. The van der Waals surface area contributed by atoms with Gasteiger partial charge in [-0.25, -0.2) is 4.98 Å². The van der Waals surface area contributed by atoms with E-state index in [2.05, 4.69) is 15.6 Å². The van der Waals surface area contributed by atoms with Gasteiger partial charge >= 0.3 is 0 Å². The molecule has 4 rings (SSSR count). The minimum absolute atomic E-state index is 0.113. The van der Waals surface area contributed by atoms with Crippen LogP contribution in [0.4, 0.5) is 11.4 Å². The van der Waals surface area contributed by atoms with Crippen LogP contribution >= 0.6 is 34.7 Å². The van der Waals surface area contributed by atoms with Crippen LogP contribution in [0.3, 0.4) is 0 Å². The van der Waals surface area contributed by atoms with Gasteiger partial charge in [-0.05, 0) is 61.0 Å². The normalized spacial score (nSPS) is 10.8. The second kappa shape index (κ2) is 9.51. The SMILES string of the molecule is Cc1ccccc1C(=O)Nc1ccc2nc(SCC(=O)Nc3ccc(Cl)cc3)sc2c1. The Kier molecular flexibility index (Phi) is 6.56. The second-order valence-electron chi connectivity index (χ2n) is 6.78. The molecule has 0 saturated heterocycles. The molecule has 0 saturated carbocycles. The van der Waals surface area contributed by atoms with Gasteiger partial charge in [0.25, 0.3) is 5.91 Å². The number of aryl methyl sites for hydroxylation is 1. The summed E-state index contributed by atoms with van der Waals surface area (Å²) in [6.45, 7) is 1.91. The van der Waals surface area contributed by atoms with Crippen molar-refractivity contribution in [3.63, 3.8) is 0 Å². The Morgan fingerprint density at radius 2 is 1.74 bits per heavy atom. The molecular formula is C23H18ClN3O2S2. The van der Waals surface area contributed by atoms with E-state index in [1.54, 1.807) is 30.3 Å². The van der Waals surface area contributed by atoms with Crippen molar-refractivity contribution < 1.29 is 9.59 Å². The molecule has 0 unspecified atom stereocenters. The number of thioether (sulfide) groups is 1. The number of hydrogen-bond donors (Lipinski definition) is 2. The summed E-state index contributed by atoms with van der Waals surface area (Å²) in [7, 11) is 0. The zero-order valence-electron chi connectivity index (χ0n) is 16.5. The molecule has 1 heterocycles. The van der Waals surface area contributed by atoms with Gasteiger partial charge in [0.05, 0.1) is 16.0 Å². The molecule has 5 nitrogen and oxygen atoms in total. The first-order chi connectivity index (χ1) is 15.0. The summed E-state index contributed by atoms with van der Waals surface area (Å²) < 4.78 is 1.74. The first-order valence-corrected chi connectivity index (χ1v) is 11.6. The number of rotatable bonds is 6. The minimum atomic E-state index is -0.143. The first-order valence-electron chi connectivity index (χ1n) is 9.44. The fourth-order valence-corrected chi connectivity index (χ4v) is 4.96. The van der Waals surface area contributed by atoms with E-state index in [0.29, 0.717) is 22.0 Å². The van der Waals surface area contributed by atoms with Crippen molar-refractivity contribution in [1.82, 2.24) is 4.98 Å². The monoisotopic (exact) mass is 467 g/mol. The van der Waals surface area contributed by atoms with Crippen LogP contribution in [-0.2, 0) is 4.79 Å². The molecule has 0 aliphatic rings. The molecule has 31 heavy (non-hydrogen) atoms. The Balaban J connectivity index is 1.39. The van der Waals surface area contributed by atoms with E-state index in [1.807, 2.05) is 43.3 Å². The van der Waals surface area contributed by atoms with E-state index in [-0.39, 0.29) is 17.6 Å². The summed E-state index contributed by atoms with van der Waals surface area (Å²) >= 11 is 8.73. The van der Waals surface area contributed by atoms with Crippen LogP contribution in [-0.4, -0.2) is 22.6 Å². The molecule has 0 fully saturated rings. The first kappa shape index (κ1) is 21.4. The van der Waals surface area contributed by atoms with Gasteiger partial charge in [-0.15, -0.1) is 11.3 Å². The quantitative estimate of drug-likeness (QED) is 0.329. The van der Waals surface area contributed by atoms with E-state index in [1.165, 1.54) is 23.1 Å². The highest BCUT2D eigenvalue weighted by Crippen LogP contribution is 2.31. The zero-order valence-corrected chi connectivity index (χ0v) is 18.9. The number of nitrogens with one attached hydrogen (secondary N) is 2. The maximum absolute atomic E-state index is 12.5. The van der Waals surface area contributed by atoms with E-state index in [9.17, 15) is 9.59 Å². The molecule has 4 aromatic rings. The lowest BCUT2D eigenvalue weighted by atomic mass is 10.1. The molecule has 0 aliphatic heterocycles. The molecule has 0 bridgehead atoms. The lowest BCUT2D eigenvalue weighted by molar-refractivity contribution is -0.113. The van der Waals surface area contributed by atoms with Crippen molar-refractivity contribution >= 4 is 68.1 Å². The van der Waals surface area contributed by atoms with Gasteiger partial charge in [-0.1, -0.05) is 41.6 Å². The molecule has 0 radical (unpaired) electrons. The highest BCUT2D eigenvalue weighted by atomic mass is 35.5. The van der Waals surface area contributed by atoms with E-state index < -0.39 is 0 Å². The largest absolute Gasteiger partial charge is 0.325 e. The summed E-state index contributed by atoms with van der Waals surface area (Å²) in [5.74, 6) is -0.00697. The van der Waals surface area contributed by atoms with Crippen LogP contribution in [0.1, 0.15) is 15.9 Å². The van der Waals surface area contributed by atoms with Crippen LogP contribution in [0.15, 0.2) is 71.1 Å². The lowest BCUT2D eigenvalue weighted by Crippen LogP contribution is -2.13. The van der Waals surface area contributed by atoms with Crippen molar-refractivity contribution in [2.45, 2.75) is 11.3 Å². The molecule has 0 atom stereocenters. The Morgan fingerprint density at radius 1 is 1.00 bits per heavy atom. The maximum Gasteiger partial charge on any atom is 0.255 e. The molecule has 2 amide bonds. The van der Waals surface area contributed by atoms with Gasteiger partial charge in [0, 0.05) is 22.0 Å². The van der Waals surface area contributed by atoms with Crippen LogP contribution in [0.5, 0.6) is 0 Å². The van der Waals surface area contributed by atoms with Crippen molar-refractivity contribution in [2.24, 2.45) is 0 Å². The number of carbonyl (C=O) groups is 2. The predicted octanol–water partition coefficient (Wildman–Crippen LogP) is 6.24. The van der Waals surface area contributed by atoms with E-state index >= 15 is 0 Å². The average molecular weight is 468 g/mol. The molecule has 156 valence electrons. The number of hydrogen-bond acceptors (Lipinski definition) is 5. The Labute approximate surface area is 192 Å². The van der Waals surface area contributed by atoms with Crippen molar-refractivity contribution in [2.75, 3.05) is 16.4 Å². The summed E-state index contributed by atoms with van der Waals surface area (Å²) in [4.78, 5) is 29.3. The number of benzene rings is 3. The molecule has 3 aromatic carbocycles. The number of nitrogens with zero attached hydrogens (tertiary/aromatic N) is 1. The van der Waals surface area contributed by atoms with Gasteiger partial charge < -0.3 is 10.6 Å². The smallest absolute Gasteiger partial charge is 0.255 e. The number of halogens is 1. The maximum atomic E-state index is 12.5. The van der Waals surface area contributed by atoms with E-state index in [4.69, 9.17) is 11.6 Å². The average Bonchev–Trinajstić information content (AvgIpc) is 3.16. The molecule has 1 aromatic heterocycles. The van der Waals surface area contributed by atoms with Gasteiger partial charge in [0.15, 0.2) is 4.34 Å². The molecule has 2 N–H and O–H groups in total. The number of aromatic nitrogens is 1. The number of fused-ring (bicyclic) bond motifs is 1. The summed E-state index contributed by atoms with van der Waals surface area (Å²) in [6, 6.07) is 20.1. The van der Waals surface area contributed by atoms with Crippen LogP contribution in [0.2, 0.25) is 5.02 Å². The Morgan fingerprint density at radius 3 is 2.52 bits per heavy atom. The predicted molar refractivity (Wildman–Crippen MR) is 130 cm³/mol. The summed E-state index contributed by atoms with van der Waals surface area (Å²) in [5.41, 5.74) is 3.82. The summed E-state index contributed by atoms with van der Waals surface area (Å²) in [5, 5.41) is 6.40. The van der Waals surface area contributed by atoms with Crippen molar-refractivity contribution in [3.8, 4) is 0 Å². The van der Waals surface area contributed by atoms with Crippen LogP contribution in [0, 0.1) is 6.92 Å². The number of amides is 2. The van der Waals surface area contributed by atoms with Crippen LogP contribution < -0.4 is 10.6 Å². The topological polar surface area (TPSA) is 71.1 Å². The van der Waals surface area contributed by atoms with Crippen molar-refractivity contribution in [1.29, 1.82) is 0 Å². The number of anilines is 2. The highest BCUT2D eigenvalue weighted by Gasteiger charge is 2.12. The summed E-state index contributed by atoms with van der Waals surface area (Å²) in [6.07, 6.45) is 0. The fraction of sp³-hybridized carbons (Fsp3) is 0.0870. The molecule has 0 aliphatic carbocycles.